The van der Waals surface area contributed by atoms with Gasteiger partial charge >= 0.3 is 6.09 Å². The summed E-state index contributed by atoms with van der Waals surface area (Å²) in [6.45, 7) is 5.56. The zero-order valence-corrected chi connectivity index (χ0v) is 13.2. The Morgan fingerprint density at radius 2 is 2.09 bits per heavy atom. The van der Waals surface area contributed by atoms with Crippen LogP contribution in [0.15, 0.2) is 18.2 Å². The zero-order valence-electron chi connectivity index (χ0n) is 13.2. The molecule has 1 amide bonds. The maximum atomic E-state index is 15.5. The molecule has 1 fully saturated rings. The van der Waals surface area contributed by atoms with E-state index in [0.717, 1.165) is 0 Å². The third kappa shape index (κ3) is 2.12. The summed E-state index contributed by atoms with van der Waals surface area (Å²) in [5, 5.41) is 0. The number of benzene rings is 1. The van der Waals surface area contributed by atoms with E-state index >= 15 is 4.39 Å². The highest BCUT2D eigenvalue weighted by Gasteiger charge is 2.59. The Labute approximate surface area is 128 Å². The number of ether oxygens (including phenoxy) is 1. The van der Waals surface area contributed by atoms with Gasteiger partial charge in [0.15, 0.2) is 5.67 Å². The number of fused-ring (bicyclic) bond motifs is 3. The summed E-state index contributed by atoms with van der Waals surface area (Å²) < 4.78 is 34.4. The lowest BCUT2D eigenvalue weighted by Gasteiger charge is -2.33. The second kappa shape index (κ2) is 4.57. The number of carbonyl (C=O) groups excluding carboxylic acids is 1. The molecular formula is C16H20F2N2O2. The number of halogens is 2. The van der Waals surface area contributed by atoms with E-state index in [-0.39, 0.29) is 13.0 Å². The van der Waals surface area contributed by atoms with Gasteiger partial charge in [0.1, 0.15) is 17.6 Å². The van der Waals surface area contributed by atoms with Gasteiger partial charge in [0, 0.05) is 31.3 Å². The normalized spacial score (nSPS) is 26.9. The smallest absolute Gasteiger partial charge is 0.412 e. The molecule has 0 N–H and O–H groups in total. The second-order valence-electron chi connectivity index (χ2n) is 6.93. The number of hydrogen-bond acceptors (Lipinski definition) is 3. The van der Waals surface area contributed by atoms with Crippen molar-refractivity contribution in [1.82, 2.24) is 4.90 Å². The average Bonchev–Trinajstić information content (AvgIpc) is 2.83. The van der Waals surface area contributed by atoms with Crippen molar-refractivity contribution in [1.29, 1.82) is 0 Å². The summed E-state index contributed by atoms with van der Waals surface area (Å²) in [6.07, 6.45) is -1.20. The van der Waals surface area contributed by atoms with Gasteiger partial charge in [-0.25, -0.2) is 13.6 Å². The topological polar surface area (TPSA) is 32.8 Å². The van der Waals surface area contributed by atoms with Crippen LogP contribution in [0.4, 0.5) is 19.3 Å². The van der Waals surface area contributed by atoms with Crippen LogP contribution in [-0.4, -0.2) is 36.4 Å². The van der Waals surface area contributed by atoms with Crippen LogP contribution < -0.4 is 4.90 Å². The van der Waals surface area contributed by atoms with Gasteiger partial charge in [0.25, 0.3) is 0 Å². The summed E-state index contributed by atoms with van der Waals surface area (Å²) in [7, 11) is 1.71. The quantitative estimate of drug-likeness (QED) is 0.736. The van der Waals surface area contributed by atoms with Crippen molar-refractivity contribution in [3.05, 3.63) is 29.6 Å². The molecule has 2 atom stereocenters. The van der Waals surface area contributed by atoms with E-state index in [9.17, 15) is 9.18 Å². The van der Waals surface area contributed by atoms with Crippen molar-refractivity contribution in [2.24, 2.45) is 0 Å². The van der Waals surface area contributed by atoms with Gasteiger partial charge in [-0.05, 0) is 39.0 Å². The lowest BCUT2D eigenvalue weighted by Crippen LogP contribution is -2.50. The minimum atomic E-state index is -1.76. The molecule has 0 aromatic heterocycles. The van der Waals surface area contributed by atoms with E-state index in [4.69, 9.17) is 4.74 Å². The lowest BCUT2D eigenvalue weighted by molar-refractivity contribution is 0.0138. The van der Waals surface area contributed by atoms with Crippen molar-refractivity contribution in [3.63, 3.8) is 0 Å². The molecule has 1 aromatic rings. The van der Waals surface area contributed by atoms with E-state index in [0.29, 0.717) is 11.3 Å². The number of alkyl halides is 1. The number of hydrogen-bond donors (Lipinski definition) is 0. The predicted molar refractivity (Wildman–Crippen MR) is 78.9 cm³/mol. The molecule has 4 nitrogen and oxygen atoms in total. The predicted octanol–water partition coefficient (Wildman–Crippen LogP) is 3.41. The van der Waals surface area contributed by atoms with Gasteiger partial charge in [-0.15, -0.1) is 0 Å². The van der Waals surface area contributed by atoms with Crippen LogP contribution in [0.3, 0.4) is 0 Å². The number of carbonyl (C=O) groups is 1. The van der Waals surface area contributed by atoms with Gasteiger partial charge < -0.3 is 9.64 Å². The van der Waals surface area contributed by atoms with Crippen LogP contribution in [0, 0.1) is 5.82 Å². The number of likely N-dealkylation sites (N-methyl/N-ethyl adjacent to an activating group) is 1. The maximum absolute atomic E-state index is 15.5. The molecule has 1 saturated heterocycles. The highest BCUT2D eigenvalue weighted by atomic mass is 19.1. The first kappa shape index (κ1) is 15.1. The fourth-order valence-electron chi connectivity index (χ4n) is 3.36. The summed E-state index contributed by atoms with van der Waals surface area (Å²) in [4.78, 5) is 15.4. The third-order valence-electron chi connectivity index (χ3n) is 4.20. The lowest BCUT2D eigenvalue weighted by atomic mass is 9.95. The molecule has 0 spiro atoms. The van der Waals surface area contributed by atoms with Crippen LogP contribution in [0.2, 0.25) is 0 Å². The van der Waals surface area contributed by atoms with Gasteiger partial charge in [-0.3, -0.25) is 4.90 Å². The Kier molecular flexibility index (Phi) is 3.13. The summed E-state index contributed by atoms with van der Waals surface area (Å²) in [5.74, 6) is -0.472. The molecular weight excluding hydrogens is 290 g/mol. The van der Waals surface area contributed by atoms with Crippen LogP contribution >= 0.6 is 0 Å². The van der Waals surface area contributed by atoms with Crippen LogP contribution in [0.5, 0.6) is 0 Å². The molecule has 1 aromatic carbocycles. The van der Waals surface area contributed by atoms with E-state index in [1.807, 2.05) is 0 Å². The van der Waals surface area contributed by atoms with E-state index in [1.165, 1.54) is 17.0 Å². The Morgan fingerprint density at radius 3 is 2.73 bits per heavy atom. The number of nitrogens with zero attached hydrogens (tertiary/aromatic N) is 2. The molecule has 120 valence electrons. The minimum absolute atomic E-state index is 0.137. The van der Waals surface area contributed by atoms with E-state index in [2.05, 4.69) is 0 Å². The number of likely N-dealkylation sites (tertiary alicyclic amines) is 1. The van der Waals surface area contributed by atoms with Gasteiger partial charge in [-0.2, -0.15) is 0 Å². The Balaban J connectivity index is 1.95. The van der Waals surface area contributed by atoms with Crippen molar-refractivity contribution in [2.45, 2.75) is 44.6 Å². The van der Waals surface area contributed by atoms with Crippen molar-refractivity contribution in [3.8, 4) is 0 Å². The molecule has 6 heteroatoms. The SMILES string of the molecule is CN1c2ccc(F)cc2[C@]2(F)CCN(C(=O)OC(C)(C)C)[C@H]12. The van der Waals surface area contributed by atoms with Crippen molar-refractivity contribution < 1.29 is 18.3 Å². The summed E-state index contributed by atoms with van der Waals surface area (Å²) >= 11 is 0. The van der Waals surface area contributed by atoms with Gasteiger partial charge in [0.2, 0.25) is 0 Å². The third-order valence-corrected chi connectivity index (χ3v) is 4.20. The highest BCUT2D eigenvalue weighted by molar-refractivity contribution is 5.73. The fourth-order valence-corrected chi connectivity index (χ4v) is 3.36. The van der Waals surface area contributed by atoms with E-state index < -0.39 is 29.3 Å². The molecule has 0 bridgehead atoms. The van der Waals surface area contributed by atoms with E-state index in [1.54, 1.807) is 38.8 Å². The largest absolute Gasteiger partial charge is 0.444 e. The summed E-state index contributed by atoms with van der Waals surface area (Å²) in [5.41, 5.74) is -1.48. The highest BCUT2D eigenvalue weighted by Crippen LogP contribution is 2.52. The fraction of sp³-hybridized carbons (Fsp3) is 0.562. The molecule has 22 heavy (non-hydrogen) atoms. The monoisotopic (exact) mass is 310 g/mol. The number of amides is 1. The number of rotatable bonds is 0. The second-order valence-corrected chi connectivity index (χ2v) is 6.93. The van der Waals surface area contributed by atoms with Crippen LogP contribution in [-0.2, 0) is 10.4 Å². The molecule has 0 saturated carbocycles. The first-order valence-corrected chi connectivity index (χ1v) is 7.35. The van der Waals surface area contributed by atoms with Crippen LogP contribution in [0.1, 0.15) is 32.8 Å². The number of anilines is 1. The Morgan fingerprint density at radius 1 is 1.41 bits per heavy atom. The molecule has 2 aliphatic heterocycles. The summed E-state index contributed by atoms with van der Waals surface area (Å²) in [6, 6.07) is 4.08. The van der Waals surface area contributed by atoms with Crippen molar-refractivity contribution >= 4 is 11.8 Å². The molecule has 3 rings (SSSR count). The molecule has 2 aliphatic rings. The molecule has 0 aliphatic carbocycles. The molecule has 2 heterocycles. The Hall–Kier alpha value is -1.85. The first-order valence-electron chi connectivity index (χ1n) is 7.35. The van der Waals surface area contributed by atoms with Crippen molar-refractivity contribution in [2.75, 3.05) is 18.5 Å². The van der Waals surface area contributed by atoms with Crippen LogP contribution in [0.25, 0.3) is 0 Å². The Bertz CT molecular complexity index is 629. The first-order chi connectivity index (χ1) is 10.1. The zero-order chi connectivity index (χ0) is 16.3. The van der Waals surface area contributed by atoms with Gasteiger partial charge in [0.05, 0.1) is 0 Å². The molecule has 0 unspecified atom stereocenters. The molecule has 0 radical (unpaired) electrons. The average molecular weight is 310 g/mol. The van der Waals surface area contributed by atoms with Gasteiger partial charge in [-0.1, -0.05) is 0 Å². The standard InChI is InChI=1S/C16H20F2N2O2/c1-15(2,3)22-14(21)20-8-7-16(18)11-9-10(17)5-6-12(11)19(4)13(16)20/h5-6,9,13H,7-8H2,1-4H3/t13-,16+/m0/s1. The maximum Gasteiger partial charge on any atom is 0.412 e. The minimum Gasteiger partial charge on any atom is -0.444 e.